The van der Waals surface area contributed by atoms with Crippen molar-refractivity contribution < 1.29 is 9.53 Å². The molecule has 1 aromatic heterocycles. The Labute approximate surface area is 135 Å². The number of nitrogens with one attached hydrogen (secondary N) is 2. The molecular weight excluding hydrogens is 300 g/mol. The first-order valence-electron chi connectivity index (χ1n) is 7.62. The Morgan fingerprint density at radius 2 is 2.18 bits per heavy atom. The van der Waals surface area contributed by atoms with E-state index in [0.717, 1.165) is 33.6 Å². The van der Waals surface area contributed by atoms with E-state index in [1.807, 2.05) is 19.1 Å². The predicted octanol–water partition coefficient (Wildman–Crippen LogP) is 3.74. The Hall–Kier alpha value is -1.52. The number of halogens is 1. The summed E-state index contributed by atoms with van der Waals surface area (Å²) in [7, 11) is 0. The summed E-state index contributed by atoms with van der Waals surface area (Å²) in [6, 6.07) is 6.09. The van der Waals surface area contributed by atoms with Crippen molar-refractivity contribution in [1.29, 1.82) is 0 Å². The summed E-state index contributed by atoms with van der Waals surface area (Å²) >= 11 is 6.32. The number of hydrogen-bond donors (Lipinski definition) is 2. The van der Waals surface area contributed by atoms with E-state index >= 15 is 0 Å². The number of hydrogen-bond acceptors (Lipinski definition) is 2. The van der Waals surface area contributed by atoms with Crippen molar-refractivity contribution in [2.75, 3.05) is 6.61 Å². The van der Waals surface area contributed by atoms with Crippen LogP contribution in [0.1, 0.15) is 44.4 Å². The molecule has 0 bridgehead atoms. The van der Waals surface area contributed by atoms with Gasteiger partial charge >= 0.3 is 0 Å². The molecule has 2 N–H and O–H groups in total. The van der Waals surface area contributed by atoms with Crippen LogP contribution in [0.25, 0.3) is 10.9 Å². The fraction of sp³-hybridized carbons (Fsp3) is 0.471. The van der Waals surface area contributed by atoms with Crippen LogP contribution in [0.15, 0.2) is 18.2 Å². The molecule has 2 aromatic rings. The molecule has 0 aliphatic carbocycles. The molecule has 5 heteroatoms. The molecule has 1 unspecified atom stereocenters. The molecule has 1 atom stereocenters. The van der Waals surface area contributed by atoms with Gasteiger partial charge in [0.15, 0.2) is 0 Å². The normalized spacial score (nSPS) is 21.1. The maximum absolute atomic E-state index is 12.1. The highest BCUT2D eigenvalue weighted by atomic mass is 35.5. The highest BCUT2D eigenvalue weighted by Crippen LogP contribution is 2.30. The van der Waals surface area contributed by atoms with Crippen LogP contribution in [-0.2, 0) is 16.1 Å². The Morgan fingerprint density at radius 1 is 1.45 bits per heavy atom. The average molecular weight is 321 g/mol. The van der Waals surface area contributed by atoms with E-state index in [0.29, 0.717) is 19.1 Å². The van der Waals surface area contributed by atoms with Crippen molar-refractivity contribution in [1.82, 2.24) is 10.3 Å². The topological polar surface area (TPSA) is 54.1 Å². The van der Waals surface area contributed by atoms with E-state index in [1.54, 1.807) is 0 Å². The Kier molecular flexibility index (Phi) is 3.91. The summed E-state index contributed by atoms with van der Waals surface area (Å²) in [6.45, 7) is 7.19. The zero-order valence-electron chi connectivity index (χ0n) is 13.1. The molecule has 118 valence electrons. The molecule has 2 heterocycles. The van der Waals surface area contributed by atoms with E-state index in [2.05, 4.69) is 30.2 Å². The van der Waals surface area contributed by atoms with Crippen LogP contribution in [0.3, 0.4) is 0 Å². The maximum Gasteiger partial charge on any atom is 0.252 e. The second-order valence-electron chi connectivity index (χ2n) is 6.42. The van der Waals surface area contributed by atoms with Gasteiger partial charge in [0.2, 0.25) is 0 Å². The number of aromatic nitrogens is 1. The van der Waals surface area contributed by atoms with E-state index in [9.17, 15) is 4.79 Å². The fourth-order valence-electron chi connectivity index (χ4n) is 2.72. The van der Waals surface area contributed by atoms with Crippen LogP contribution in [0.2, 0.25) is 5.02 Å². The van der Waals surface area contributed by atoms with E-state index in [-0.39, 0.29) is 5.91 Å². The van der Waals surface area contributed by atoms with Crippen LogP contribution >= 0.6 is 11.6 Å². The zero-order chi connectivity index (χ0) is 15.9. The number of amides is 1. The predicted molar refractivity (Wildman–Crippen MR) is 88.2 cm³/mol. The van der Waals surface area contributed by atoms with Crippen LogP contribution in [0, 0.1) is 0 Å². The highest BCUT2D eigenvalue weighted by molar-refractivity contribution is 6.32. The average Bonchev–Trinajstić information content (AvgIpc) is 2.82. The van der Waals surface area contributed by atoms with Crippen molar-refractivity contribution in [3.63, 3.8) is 0 Å². The van der Waals surface area contributed by atoms with Gasteiger partial charge in [0, 0.05) is 28.0 Å². The van der Waals surface area contributed by atoms with E-state index in [1.165, 1.54) is 0 Å². The lowest BCUT2D eigenvalue weighted by molar-refractivity contribution is -0.171. The number of benzene rings is 1. The second kappa shape index (κ2) is 5.60. The third-order valence-electron chi connectivity index (χ3n) is 4.34. The monoisotopic (exact) mass is 320 g/mol. The SMILES string of the molecule is CC(C)c1cc2[nH]c(CNC(=O)C3(C)CCO3)cc2cc1Cl. The number of ether oxygens (including phenoxy) is 1. The van der Waals surface area contributed by atoms with Crippen molar-refractivity contribution in [2.45, 2.75) is 45.3 Å². The van der Waals surface area contributed by atoms with Crippen molar-refractivity contribution in [3.05, 3.63) is 34.5 Å². The summed E-state index contributed by atoms with van der Waals surface area (Å²) < 4.78 is 5.35. The Balaban J connectivity index is 1.76. The standard InChI is InChI=1S/C17H21ClN2O2/c1-10(2)13-8-15-11(7-14(13)18)6-12(20-15)9-19-16(21)17(3)4-5-22-17/h6-8,10,20H,4-5,9H2,1-3H3,(H,19,21). The third-order valence-corrected chi connectivity index (χ3v) is 4.66. The minimum Gasteiger partial charge on any atom is -0.365 e. The number of rotatable bonds is 4. The van der Waals surface area contributed by atoms with Crippen LogP contribution in [0.5, 0.6) is 0 Å². The molecule has 1 aromatic carbocycles. The lowest BCUT2D eigenvalue weighted by atomic mass is 9.96. The van der Waals surface area contributed by atoms with Gasteiger partial charge in [-0.15, -0.1) is 0 Å². The first-order chi connectivity index (χ1) is 10.4. The number of aromatic amines is 1. The molecule has 1 aliphatic heterocycles. The molecule has 22 heavy (non-hydrogen) atoms. The molecular formula is C17H21ClN2O2. The number of carbonyl (C=O) groups excluding carboxylic acids is 1. The second-order valence-corrected chi connectivity index (χ2v) is 6.83. The molecule has 1 amide bonds. The van der Waals surface area contributed by atoms with Gasteiger partial charge in [0.25, 0.3) is 5.91 Å². The summed E-state index contributed by atoms with van der Waals surface area (Å²) in [6.07, 6.45) is 0.777. The van der Waals surface area contributed by atoms with Crippen molar-refractivity contribution in [2.24, 2.45) is 0 Å². The molecule has 0 radical (unpaired) electrons. The first-order valence-corrected chi connectivity index (χ1v) is 8.00. The molecule has 1 fully saturated rings. The van der Waals surface area contributed by atoms with Gasteiger partial charge in [-0.05, 0) is 36.6 Å². The molecule has 0 saturated carbocycles. The highest BCUT2D eigenvalue weighted by Gasteiger charge is 2.40. The third kappa shape index (κ3) is 2.73. The Morgan fingerprint density at radius 3 is 2.77 bits per heavy atom. The zero-order valence-corrected chi connectivity index (χ0v) is 13.9. The maximum atomic E-state index is 12.1. The van der Waals surface area contributed by atoms with Crippen molar-refractivity contribution in [3.8, 4) is 0 Å². The summed E-state index contributed by atoms with van der Waals surface area (Å²) in [5, 5.41) is 4.77. The van der Waals surface area contributed by atoms with Crippen LogP contribution < -0.4 is 5.32 Å². The van der Waals surface area contributed by atoms with Gasteiger partial charge < -0.3 is 15.0 Å². The largest absolute Gasteiger partial charge is 0.365 e. The quantitative estimate of drug-likeness (QED) is 0.901. The van der Waals surface area contributed by atoms with Gasteiger partial charge in [-0.1, -0.05) is 25.4 Å². The minimum absolute atomic E-state index is 0.0571. The lowest BCUT2D eigenvalue weighted by Gasteiger charge is -2.36. The van der Waals surface area contributed by atoms with Crippen LogP contribution in [0.4, 0.5) is 0 Å². The number of fused-ring (bicyclic) bond motifs is 1. The van der Waals surface area contributed by atoms with Gasteiger partial charge in [0.05, 0.1) is 13.2 Å². The first kappa shape index (κ1) is 15.4. The van der Waals surface area contributed by atoms with Crippen molar-refractivity contribution >= 4 is 28.4 Å². The molecule has 0 spiro atoms. The fourth-order valence-corrected chi connectivity index (χ4v) is 3.11. The smallest absolute Gasteiger partial charge is 0.252 e. The van der Waals surface area contributed by atoms with E-state index < -0.39 is 5.60 Å². The van der Waals surface area contributed by atoms with Gasteiger partial charge in [-0.2, -0.15) is 0 Å². The molecule has 1 aliphatic rings. The summed E-state index contributed by atoms with van der Waals surface area (Å²) in [5.41, 5.74) is 2.48. The summed E-state index contributed by atoms with van der Waals surface area (Å²) in [5.74, 6) is 0.317. The summed E-state index contributed by atoms with van der Waals surface area (Å²) in [4.78, 5) is 15.4. The number of H-pyrrole nitrogens is 1. The van der Waals surface area contributed by atoms with Gasteiger partial charge in [-0.25, -0.2) is 0 Å². The lowest BCUT2D eigenvalue weighted by Crippen LogP contribution is -2.53. The van der Waals surface area contributed by atoms with E-state index in [4.69, 9.17) is 16.3 Å². The molecule has 3 rings (SSSR count). The molecule has 1 saturated heterocycles. The Bertz CT molecular complexity index is 717. The molecule has 4 nitrogen and oxygen atoms in total. The minimum atomic E-state index is -0.653. The van der Waals surface area contributed by atoms with Gasteiger partial charge in [0.1, 0.15) is 5.60 Å². The van der Waals surface area contributed by atoms with Gasteiger partial charge in [-0.3, -0.25) is 4.79 Å². The number of carbonyl (C=O) groups is 1. The van der Waals surface area contributed by atoms with Crippen LogP contribution in [-0.4, -0.2) is 23.1 Å².